The molecule has 0 aliphatic heterocycles. The van der Waals surface area contributed by atoms with Crippen molar-refractivity contribution in [1.29, 1.82) is 0 Å². The van der Waals surface area contributed by atoms with E-state index in [1.807, 2.05) is 0 Å². The number of benzene rings is 3. The summed E-state index contributed by atoms with van der Waals surface area (Å²) in [7, 11) is 0. The fourth-order valence-corrected chi connectivity index (χ4v) is 6.26. The van der Waals surface area contributed by atoms with Gasteiger partial charge in [-0.25, -0.2) is 0 Å². The molecular formula is C40H58N+. The number of allylic oxidation sites excluding steroid dienone is 2. The molecule has 222 valence electrons. The van der Waals surface area contributed by atoms with Crippen molar-refractivity contribution in [3.8, 4) is 0 Å². The van der Waals surface area contributed by atoms with Gasteiger partial charge in [-0.3, -0.25) is 0 Å². The van der Waals surface area contributed by atoms with E-state index in [9.17, 15) is 0 Å². The SMILES string of the molecule is CC/C=C/CCCCCCCCCCCCCCC[N+](Cc1ccccc1)(Cc1ccccc1)Cc1ccccc1. The fourth-order valence-electron chi connectivity index (χ4n) is 6.26. The predicted octanol–water partition coefficient (Wildman–Crippen LogP) is 11.8. The van der Waals surface area contributed by atoms with E-state index in [1.165, 1.54) is 120 Å². The molecule has 0 unspecified atom stereocenters. The average molecular weight is 553 g/mol. The maximum atomic E-state index is 2.36. The molecule has 0 fully saturated rings. The molecule has 0 atom stereocenters. The third kappa shape index (κ3) is 14.7. The number of nitrogens with zero attached hydrogens (tertiary/aromatic N) is 1. The maximum absolute atomic E-state index is 2.36. The van der Waals surface area contributed by atoms with Crippen molar-refractivity contribution in [3.63, 3.8) is 0 Å². The molecule has 0 aliphatic carbocycles. The van der Waals surface area contributed by atoms with Gasteiger partial charge in [0.1, 0.15) is 19.6 Å². The Bertz CT molecular complexity index is 923. The fraction of sp³-hybridized carbons (Fsp3) is 0.500. The average Bonchev–Trinajstić information content (AvgIpc) is 3.00. The largest absolute Gasteiger partial charge is 0.312 e. The highest BCUT2D eigenvalue weighted by molar-refractivity contribution is 5.17. The quantitative estimate of drug-likeness (QED) is 0.0623. The predicted molar refractivity (Wildman–Crippen MR) is 180 cm³/mol. The highest BCUT2D eigenvalue weighted by atomic mass is 15.3. The van der Waals surface area contributed by atoms with E-state index in [4.69, 9.17) is 0 Å². The van der Waals surface area contributed by atoms with Gasteiger partial charge in [0.2, 0.25) is 0 Å². The molecule has 41 heavy (non-hydrogen) atoms. The Hall–Kier alpha value is -2.64. The molecular weight excluding hydrogens is 494 g/mol. The topological polar surface area (TPSA) is 0 Å². The zero-order valence-electron chi connectivity index (χ0n) is 26.2. The van der Waals surface area contributed by atoms with Crippen LogP contribution < -0.4 is 0 Å². The Morgan fingerprint density at radius 3 is 1.12 bits per heavy atom. The van der Waals surface area contributed by atoms with Crippen LogP contribution in [0.5, 0.6) is 0 Å². The molecule has 0 N–H and O–H groups in total. The van der Waals surface area contributed by atoms with Crippen LogP contribution in [-0.4, -0.2) is 11.0 Å². The van der Waals surface area contributed by atoms with E-state index in [0.29, 0.717) is 0 Å². The van der Waals surface area contributed by atoms with E-state index in [0.717, 1.165) is 24.1 Å². The first-order valence-electron chi connectivity index (χ1n) is 16.9. The first-order chi connectivity index (χ1) is 20.3. The number of hydrogen-bond acceptors (Lipinski definition) is 0. The number of hydrogen-bond donors (Lipinski definition) is 0. The van der Waals surface area contributed by atoms with Gasteiger partial charge >= 0.3 is 0 Å². The molecule has 0 bridgehead atoms. The monoisotopic (exact) mass is 552 g/mol. The number of quaternary nitrogens is 1. The molecule has 3 aromatic carbocycles. The van der Waals surface area contributed by atoms with Crippen LogP contribution in [0.3, 0.4) is 0 Å². The van der Waals surface area contributed by atoms with Gasteiger partial charge in [0, 0.05) is 16.7 Å². The van der Waals surface area contributed by atoms with E-state index >= 15 is 0 Å². The minimum absolute atomic E-state index is 1.08. The van der Waals surface area contributed by atoms with Crippen molar-refractivity contribution in [2.24, 2.45) is 0 Å². The van der Waals surface area contributed by atoms with Gasteiger partial charge in [0.05, 0.1) is 6.54 Å². The van der Waals surface area contributed by atoms with Crippen molar-refractivity contribution in [1.82, 2.24) is 0 Å². The summed E-state index contributed by atoms with van der Waals surface area (Å²) in [5.74, 6) is 0. The van der Waals surface area contributed by atoms with Gasteiger partial charge in [-0.2, -0.15) is 0 Å². The first-order valence-corrected chi connectivity index (χ1v) is 16.9. The van der Waals surface area contributed by atoms with Crippen molar-refractivity contribution < 1.29 is 4.48 Å². The molecule has 1 heteroatoms. The minimum Gasteiger partial charge on any atom is -0.312 e. The molecule has 0 aliphatic rings. The Balaban J connectivity index is 1.40. The lowest BCUT2D eigenvalue weighted by Gasteiger charge is -2.39. The molecule has 0 amide bonds. The number of rotatable bonds is 23. The summed E-state index contributed by atoms with van der Waals surface area (Å²) in [6, 6.07) is 33.5. The summed E-state index contributed by atoms with van der Waals surface area (Å²) in [6.45, 7) is 6.70. The Labute approximate surface area is 253 Å². The summed E-state index contributed by atoms with van der Waals surface area (Å²) in [5.41, 5.74) is 4.34. The van der Waals surface area contributed by atoms with Crippen molar-refractivity contribution in [2.45, 2.75) is 123 Å². The summed E-state index contributed by atoms with van der Waals surface area (Å²) in [4.78, 5) is 0. The molecule has 0 aromatic heterocycles. The minimum atomic E-state index is 1.08. The summed E-state index contributed by atoms with van der Waals surface area (Å²) in [6.07, 6.45) is 25.4. The molecule has 0 spiro atoms. The number of unbranched alkanes of at least 4 members (excludes halogenated alkanes) is 13. The second-order valence-corrected chi connectivity index (χ2v) is 12.3. The lowest BCUT2D eigenvalue weighted by molar-refractivity contribution is -0.966. The van der Waals surface area contributed by atoms with Crippen LogP contribution in [-0.2, 0) is 19.6 Å². The summed E-state index contributed by atoms with van der Waals surface area (Å²) in [5, 5.41) is 0. The second-order valence-electron chi connectivity index (χ2n) is 12.3. The molecule has 0 saturated carbocycles. The van der Waals surface area contributed by atoms with E-state index < -0.39 is 0 Å². The van der Waals surface area contributed by atoms with Crippen LogP contribution in [0.1, 0.15) is 120 Å². The highest BCUT2D eigenvalue weighted by Gasteiger charge is 2.28. The van der Waals surface area contributed by atoms with E-state index in [1.54, 1.807) is 0 Å². The van der Waals surface area contributed by atoms with E-state index in [2.05, 4.69) is 110 Å². The van der Waals surface area contributed by atoms with Crippen LogP contribution in [0.4, 0.5) is 0 Å². The molecule has 0 heterocycles. The molecule has 0 radical (unpaired) electrons. The van der Waals surface area contributed by atoms with Crippen molar-refractivity contribution >= 4 is 0 Å². The third-order valence-corrected chi connectivity index (χ3v) is 8.49. The van der Waals surface area contributed by atoms with Gasteiger partial charge in [0.15, 0.2) is 0 Å². The van der Waals surface area contributed by atoms with Crippen molar-refractivity contribution in [2.75, 3.05) is 6.54 Å². The molecule has 3 aromatic rings. The van der Waals surface area contributed by atoms with Crippen LogP contribution >= 0.6 is 0 Å². The Kier molecular flexibility index (Phi) is 16.9. The zero-order chi connectivity index (χ0) is 28.7. The van der Waals surface area contributed by atoms with Crippen LogP contribution in [0, 0.1) is 0 Å². The van der Waals surface area contributed by atoms with Crippen LogP contribution in [0.15, 0.2) is 103 Å². The van der Waals surface area contributed by atoms with Gasteiger partial charge in [0.25, 0.3) is 0 Å². The Morgan fingerprint density at radius 1 is 0.415 bits per heavy atom. The van der Waals surface area contributed by atoms with Crippen LogP contribution in [0.2, 0.25) is 0 Å². The Morgan fingerprint density at radius 2 is 0.756 bits per heavy atom. The summed E-state index contributed by atoms with van der Waals surface area (Å²) < 4.78 is 1.09. The smallest absolute Gasteiger partial charge is 0.105 e. The van der Waals surface area contributed by atoms with Gasteiger partial charge in [-0.05, 0) is 32.1 Å². The molecule has 1 nitrogen and oxygen atoms in total. The molecule has 0 saturated heterocycles. The lowest BCUT2D eigenvalue weighted by atomic mass is 10.0. The lowest BCUT2D eigenvalue weighted by Crippen LogP contribution is -2.46. The van der Waals surface area contributed by atoms with Gasteiger partial charge in [-0.1, -0.05) is 174 Å². The standard InChI is InChI=1S/C40H58N/c1-2-3-4-5-6-7-8-9-10-11-12-13-14-15-16-17-27-34-41(35-38-28-21-18-22-29-38,36-39-30-23-19-24-31-39)37-40-32-25-20-26-33-40/h3-4,18-26,28-33H,2,5-17,27,34-37H2,1H3/q+1/b4-3+. The summed E-state index contributed by atoms with van der Waals surface area (Å²) >= 11 is 0. The zero-order valence-corrected chi connectivity index (χ0v) is 26.2. The highest BCUT2D eigenvalue weighted by Crippen LogP contribution is 2.26. The van der Waals surface area contributed by atoms with Gasteiger partial charge in [-0.15, -0.1) is 0 Å². The van der Waals surface area contributed by atoms with E-state index in [-0.39, 0.29) is 0 Å². The van der Waals surface area contributed by atoms with Crippen LogP contribution in [0.25, 0.3) is 0 Å². The second kappa shape index (κ2) is 21.1. The normalized spacial score (nSPS) is 11.8. The maximum Gasteiger partial charge on any atom is 0.105 e. The third-order valence-electron chi connectivity index (χ3n) is 8.49. The van der Waals surface area contributed by atoms with Crippen molar-refractivity contribution in [3.05, 3.63) is 120 Å². The molecule has 3 rings (SSSR count). The first kappa shape index (κ1) is 32.9. The van der Waals surface area contributed by atoms with Gasteiger partial charge < -0.3 is 4.48 Å².